The quantitative estimate of drug-likeness (QED) is 0.544. The fourth-order valence-electron chi connectivity index (χ4n) is 2.70. The molecule has 0 radical (unpaired) electrons. The minimum Gasteiger partial charge on any atom is -0.508 e. The molecule has 0 saturated heterocycles. The summed E-state index contributed by atoms with van der Waals surface area (Å²) in [4.78, 5) is 12.0. The average molecular weight is 312 g/mol. The van der Waals surface area contributed by atoms with E-state index in [-0.39, 0.29) is 17.3 Å². The van der Waals surface area contributed by atoms with Gasteiger partial charge in [-0.2, -0.15) is 0 Å². The molecule has 0 unspecified atom stereocenters. The first-order chi connectivity index (χ1) is 11.1. The summed E-state index contributed by atoms with van der Waals surface area (Å²) in [5, 5.41) is 19.8. The monoisotopic (exact) mass is 312 g/mol. The van der Waals surface area contributed by atoms with Crippen LogP contribution in [0.5, 0.6) is 11.5 Å². The SMILES string of the molecule is Cc1ccc(O)c(CCCCCCC(=O)c2ccccc2)c1O. The van der Waals surface area contributed by atoms with Crippen molar-refractivity contribution in [1.82, 2.24) is 0 Å². The minimum absolute atomic E-state index is 0.160. The van der Waals surface area contributed by atoms with Crippen LogP contribution in [-0.4, -0.2) is 16.0 Å². The van der Waals surface area contributed by atoms with Crippen molar-refractivity contribution in [3.8, 4) is 11.5 Å². The van der Waals surface area contributed by atoms with Gasteiger partial charge in [-0.25, -0.2) is 0 Å². The Bertz CT molecular complexity index is 647. The zero-order valence-corrected chi connectivity index (χ0v) is 13.6. The third-order valence-electron chi connectivity index (χ3n) is 4.14. The normalized spacial score (nSPS) is 10.7. The first-order valence-corrected chi connectivity index (χ1v) is 8.18. The number of Topliss-reactive ketones (excluding diaryl/α,β-unsaturated/α-hetero) is 1. The summed E-state index contributed by atoms with van der Waals surface area (Å²) in [6.45, 7) is 1.83. The predicted octanol–water partition coefficient (Wildman–Crippen LogP) is 4.78. The number of aromatic hydroxyl groups is 2. The fourth-order valence-corrected chi connectivity index (χ4v) is 2.70. The van der Waals surface area contributed by atoms with Crippen molar-refractivity contribution in [2.24, 2.45) is 0 Å². The van der Waals surface area contributed by atoms with Gasteiger partial charge in [0.2, 0.25) is 0 Å². The Labute approximate surface area is 137 Å². The van der Waals surface area contributed by atoms with E-state index < -0.39 is 0 Å². The zero-order valence-electron chi connectivity index (χ0n) is 13.6. The second kappa shape index (κ2) is 8.37. The highest BCUT2D eigenvalue weighted by Crippen LogP contribution is 2.31. The number of phenols is 2. The van der Waals surface area contributed by atoms with E-state index in [2.05, 4.69) is 0 Å². The summed E-state index contributed by atoms with van der Waals surface area (Å²) in [7, 11) is 0. The number of carbonyl (C=O) groups excluding carboxylic acids is 1. The molecule has 0 fully saturated rings. The molecule has 0 spiro atoms. The van der Waals surface area contributed by atoms with Crippen molar-refractivity contribution < 1.29 is 15.0 Å². The second-order valence-corrected chi connectivity index (χ2v) is 5.93. The lowest BCUT2D eigenvalue weighted by Gasteiger charge is -2.09. The summed E-state index contributed by atoms with van der Waals surface area (Å²) >= 11 is 0. The summed E-state index contributed by atoms with van der Waals surface area (Å²) in [6.07, 6.45) is 4.96. The third kappa shape index (κ3) is 4.85. The van der Waals surface area contributed by atoms with E-state index in [1.165, 1.54) is 0 Å². The van der Waals surface area contributed by atoms with Gasteiger partial charge in [0, 0.05) is 17.5 Å². The molecular weight excluding hydrogens is 288 g/mol. The minimum atomic E-state index is 0.160. The summed E-state index contributed by atoms with van der Waals surface area (Å²) in [5.41, 5.74) is 2.19. The molecule has 0 aliphatic carbocycles. The largest absolute Gasteiger partial charge is 0.508 e. The Kier molecular flexibility index (Phi) is 6.21. The molecule has 0 aliphatic heterocycles. The molecule has 0 bridgehead atoms. The van der Waals surface area contributed by atoms with Gasteiger partial charge in [0.15, 0.2) is 5.78 Å². The molecule has 2 N–H and O–H groups in total. The Morgan fingerprint density at radius 1 is 0.913 bits per heavy atom. The topological polar surface area (TPSA) is 57.5 Å². The van der Waals surface area contributed by atoms with Crippen LogP contribution >= 0.6 is 0 Å². The van der Waals surface area contributed by atoms with E-state index >= 15 is 0 Å². The van der Waals surface area contributed by atoms with Gasteiger partial charge < -0.3 is 10.2 Å². The first-order valence-electron chi connectivity index (χ1n) is 8.18. The third-order valence-corrected chi connectivity index (χ3v) is 4.14. The standard InChI is InChI=1S/C20H24O3/c1-15-13-14-19(22)17(20(15)23)11-7-2-3-8-12-18(21)16-9-5-4-6-10-16/h4-6,9-10,13-14,22-23H,2-3,7-8,11-12H2,1H3. The summed E-state index contributed by atoms with van der Waals surface area (Å²) in [5.74, 6) is 0.552. The summed E-state index contributed by atoms with van der Waals surface area (Å²) in [6, 6.07) is 12.7. The van der Waals surface area contributed by atoms with Crippen LogP contribution in [0.25, 0.3) is 0 Å². The lowest BCUT2D eigenvalue weighted by Crippen LogP contribution is -1.98. The molecule has 122 valence electrons. The maximum Gasteiger partial charge on any atom is 0.162 e. The zero-order chi connectivity index (χ0) is 16.7. The van der Waals surface area contributed by atoms with Crippen molar-refractivity contribution in [3.63, 3.8) is 0 Å². The number of benzene rings is 2. The lowest BCUT2D eigenvalue weighted by atomic mass is 10.00. The number of ketones is 1. The Morgan fingerprint density at radius 3 is 2.35 bits per heavy atom. The van der Waals surface area contributed by atoms with Crippen molar-refractivity contribution in [3.05, 3.63) is 59.2 Å². The maximum atomic E-state index is 12.0. The van der Waals surface area contributed by atoms with Crippen LogP contribution in [-0.2, 0) is 6.42 Å². The van der Waals surface area contributed by atoms with Crippen LogP contribution in [0.15, 0.2) is 42.5 Å². The highest BCUT2D eigenvalue weighted by molar-refractivity contribution is 5.95. The highest BCUT2D eigenvalue weighted by atomic mass is 16.3. The van der Waals surface area contributed by atoms with Gasteiger partial charge in [-0.1, -0.05) is 49.2 Å². The number of hydrogen-bond donors (Lipinski definition) is 2. The van der Waals surface area contributed by atoms with E-state index in [1.807, 2.05) is 37.3 Å². The fraction of sp³-hybridized carbons (Fsp3) is 0.350. The number of carbonyl (C=O) groups is 1. The van der Waals surface area contributed by atoms with Crippen LogP contribution in [0.4, 0.5) is 0 Å². The van der Waals surface area contributed by atoms with Crippen molar-refractivity contribution in [1.29, 1.82) is 0 Å². The Hall–Kier alpha value is -2.29. The molecule has 23 heavy (non-hydrogen) atoms. The molecule has 0 aliphatic rings. The van der Waals surface area contributed by atoms with Crippen LogP contribution in [0.3, 0.4) is 0 Å². The molecule has 0 saturated carbocycles. The molecule has 3 heteroatoms. The van der Waals surface area contributed by atoms with Gasteiger partial charge in [-0.05, 0) is 37.8 Å². The second-order valence-electron chi connectivity index (χ2n) is 5.93. The molecule has 0 atom stereocenters. The van der Waals surface area contributed by atoms with E-state index in [9.17, 15) is 15.0 Å². The highest BCUT2D eigenvalue weighted by Gasteiger charge is 2.09. The van der Waals surface area contributed by atoms with Gasteiger partial charge in [-0.3, -0.25) is 4.79 Å². The van der Waals surface area contributed by atoms with Crippen molar-refractivity contribution >= 4 is 5.78 Å². The number of phenolic OH excluding ortho intramolecular Hbond substituents is 2. The molecule has 2 aromatic rings. The molecular formula is C20H24O3. The van der Waals surface area contributed by atoms with Crippen LogP contribution in [0.2, 0.25) is 0 Å². The summed E-state index contributed by atoms with van der Waals surface area (Å²) < 4.78 is 0. The van der Waals surface area contributed by atoms with E-state index in [4.69, 9.17) is 0 Å². The van der Waals surface area contributed by atoms with Crippen molar-refractivity contribution in [2.45, 2.75) is 45.4 Å². The maximum absolute atomic E-state index is 12.0. The van der Waals surface area contributed by atoms with Crippen LogP contribution < -0.4 is 0 Å². The lowest BCUT2D eigenvalue weighted by molar-refractivity contribution is 0.0979. The van der Waals surface area contributed by atoms with Gasteiger partial charge >= 0.3 is 0 Å². The predicted molar refractivity (Wildman–Crippen MR) is 92.1 cm³/mol. The van der Waals surface area contributed by atoms with Gasteiger partial charge in [0.25, 0.3) is 0 Å². The molecule has 2 aromatic carbocycles. The van der Waals surface area contributed by atoms with Gasteiger partial charge in [0.05, 0.1) is 0 Å². The van der Waals surface area contributed by atoms with E-state index in [1.54, 1.807) is 12.1 Å². The van der Waals surface area contributed by atoms with Gasteiger partial charge in [0.1, 0.15) is 11.5 Å². The smallest absolute Gasteiger partial charge is 0.162 e. The number of unbranched alkanes of at least 4 members (excludes halogenated alkanes) is 3. The van der Waals surface area contributed by atoms with E-state index in [0.29, 0.717) is 18.4 Å². The molecule has 0 aromatic heterocycles. The Morgan fingerprint density at radius 2 is 1.61 bits per heavy atom. The molecule has 2 rings (SSSR count). The van der Waals surface area contributed by atoms with Crippen LogP contribution in [0, 0.1) is 6.92 Å². The molecule has 3 nitrogen and oxygen atoms in total. The number of rotatable bonds is 8. The number of hydrogen-bond acceptors (Lipinski definition) is 3. The van der Waals surface area contributed by atoms with E-state index in [0.717, 1.165) is 36.8 Å². The van der Waals surface area contributed by atoms with Crippen molar-refractivity contribution in [2.75, 3.05) is 0 Å². The number of aryl methyl sites for hydroxylation is 1. The average Bonchev–Trinajstić information content (AvgIpc) is 2.57. The first kappa shape index (κ1) is 17.1. The van der Waals surface area contributed by atoms with Crippen LogP contribution in [0.1, 0.15) is 53.6 Å². The molecule has 0 amide bonds. The molecule has 0 heterocycles. The van der Waals surface area contributed by atoms with Gasteiger partial charge in [-0.15, -0.1) is 0 Å². The Balaban J connectivity index is 1.69.